The smallest absolute Gasteiger partial charge is 0.871 e. The number of phenols is 1. The summed E-state index contributed by atoms with van der Waals surface area (Å²) >= 11 is 0. The number of benzene rings is 5. The van der Waals surface area contributed by atoms with Crippen molar-refractivity contribution < 1.29 is 59.7 Å². The monoisotopic (exact) mass is 847 g/mol. The van der Waals surface area contributed by atoms with E-state index >= 15 is 0 Å². The molecule has 5 heterocycles. The summed E-state index contributed by atoms with van der Waals surface area (Å²) in [6.07, 6.45) is 8.18. The molecule has 10 aromatic rings. The largest absolute Gasteiger partial charge is 2.00 e. The van der Waals surface area contributed by atoms with Crippen molar-refractivity contribution in [3.05, 3.63) is 183 Å². The number of hydrogen-bond acceptors (Lipinski definition) is 10. The molecule has 57 heavy (non-hydrogen) atoms. The topological polar surface area (TPSA) is 177 Å². The molecular weight excluding hydrogens is 818 g/mol. The average molecular weight is 849 g/mol. The van der Waals surface area contributed by atoms with Crippen LogP contribution in [-0.4, -0.2) is 30.0 Å². The first-order chi connectivity index (χ1) is 26.9. The van der Waals surface area contributed by atoms with Crippen LogP contribution >= 0.6 is 0 Å². The van der Waals surface area contributed by atoms with Crippen molar-refractivity contribution in [3.63, 3.8) is 0 Å². The van der Waals surface area contributed by atoms with Gasteiger partial charge < -0.3 is 25.5 Å². The molecule has 0 amide bonds. The standard InChI is InChI=1S/5C9H7NO.2Cu/c5*11-8-5-1-3-7-4-2-6-10-9(7)8;;/h5*1-6,11H;;/q;;;;;2*+2/p-4. The van der Waals surface area contributed by atoms with E-state index < -0.39 is 0 Å². The summed E-state index contributed by atoms with van der Waals surface area (Å²) in [4.78, 5) is 19.9. The molecular formula is C45H31Cu2N5O5. The van der Waals surface area contributed by atoms with Gasteiger partial charge in [-0.25, -0.2) is 0 Å². The Labute approximate surface area is 348 Å². The summed E-state index contributed by atoms with van der Waals surface area (Å²) in [6, 6.07) is 44.5. The van der Waals surface area contributed by atoms with E-state index in [0.29, 0.717) is 27.6 Å². The van der Waals surface area contributed by atoms with Crippen LogP contribution < -0.4 is 20.4 Å². The molecule has 0 saturated heterocycles. The van der Waals surface area contributed by atoms with Crippen LogP contribution in [0, 0.1) is 0 Å². The first kappa shape index (κ1) is 42.9. The summed E-state index contributed by atoms with van der Waals surface area (Å²) in [7, 11) is 0. The fraction of sp³-hybridized carbons (Fsp3) is 0. The molecule has 5 aromatic carbocycles. The van der Waals surface area contributed by atoms with Gasteiger partial charge in [0.15, 0.2) is 0 Å². The molecule has 0 saturated carbocycles. The zero-order valence-corrected chi connectivity index (χ0v) is 31.6. The predicted molar refractivity (Wildman–Crippen MR) is 208 cm³/mol. The molecule has 10 nitrogen and oxygen atoms in total. The minimum absolute atomic E-state index is 0. The van der Waals surface area contributed by atoms with Gasteiger partial charge in [-0.15, -0.1) is 0 Å². The van der Waals surface area contributed by atoms with Gasteiger partial charge in [0.1, 0.15) is 11.3 Å². The predicted octanol–water partition coefficient (Wildman–Crippen LogP) is 7.17. The van der Waals surface area contributed by atoms with Crippen LogP contribution in [0.25, 0.3) is 54.5 Å². The van der Waals surface area contributed by atoms with E-state index in [0.717, 1.165) is 26.9 Å². The number of para-hydroxylation sites is 5. The molecule has 0 fully saturated rings. The quantitative estimate of drug-likeness (QED) is 0.154. The minimum atomic E-state index is -0.0110. The van der Waals surface area contributed by atoms with Crippen LogP contribution in [-0.2, 0) is 34.1 Å². The van der Waals surface area contributed by atoms with Gasteiger partial charge in [0.05, 0.1) is 22.1 Å². The fourth-order valence-corrected chi connectivity index (χ4v) is 5.39. The van der Waals surface area contributed by atoms with Gasteiger partial charge in [0.2, 0.25) is 0 Å². The Morgan fingerprint density at radius 1 is 0.281 bits per heavy atom. The average Bonchev–Trinajstić information content (AvgIpc) is 3.23. The summed E-state index contributed by atoms with van der Waals surface area (Å²) < 4.78 is 0. The maximum absolute atomic E-state index is 11.1. The van der Waals surface area contributed by atoms with Gasteiger partial charge in [-0.3, -0.25) is 24.9 Å². The van der Waals surface area contributed by atoms with E-state index in [-0.39, 0.29) is 62.9 Å². The number of aromatic nitrogens is 5. The Hall–Kier alpha value is -6.81. The molecule has 5 aromatic heterocycles. The van der Waals surface area contributed by atoms with Crippen molar-refractivity contribution in [3.8, 4) is 28.7 Å². The first-order valence-electron chi connectivity index (χ1n) is 16.9. The molecule has 12 heteroatoms. The van der Waals surface area contributed by atoms with Crippen LogP contribution in [0.3, 0.4) is 0 Å². The van der Waals surface area contributed by atoms with Gasteiger partial charge in [-0.2, -0.15) is 0 Å². The van der Waals surface area contributed by atoms with Crippen molar-refractivity contribution in [2.75, 3.05) is 0 Å². The third-order valence-electron chi connectivity index (χ3n) is 7.99. The number of rotatable bonds is 0. The van der Waals surface area contributed by atoms with Crippen LogP contribution in [0.1, 0.15) is 0 Å². The van der Waals surface area contributed by atoms with Crippen molar-refractivity contribution in [2.45, 2.75) is 0 Å². The second-order valence-corrected chi connectivity index (χ2v) is 11.7. The number of fused-ring (bicyclic) bond motifs is 5. The summed E-state index contributed by atoms with van der Waals surface area (Å²) in [5, 5.41) is 58.3. The van der Waals surface area contributed by atoms with Crippen molar-refractivity contribution in [2.24, 2.45) is 0 Å². The molecule has 10 rings (SSSR count). The Morgan fingerprint density at radius 3 is 0.737 bits per heavy atom. The van der Waals surface area contributed by atoms with Crippen LogP contribution in [0.15, 0.2) is 183 Å². The Bertz CT molecular complexity index is 2350. The number of pyridine rings is 5. The number of phenolic OH excluding ortho intramolecular Hbond substituents is 1. The van der Waals surface area contributed by atoms with E-state index in [9.17, 15) is 25.5 Å². The van der Waals surface area contributed by atoms with Crippen molar-refractivity contribution in [1.29, 1.82) is 0 Å². The number of aromatic hydroxyl groups is 1. The zero-order valence-electron chi connectivity index (χ0n) is 29.7. The Balaban J connectivity index is 0.000000157. The van der Waals surface area contributed by atoms with Gasteiger partial charge in [0, 0.05) is 36.4 Å². The summed E-state index contributed by atoms with van der Waals surface area (Å²) in [6.45, 7) is 0. The van der Waals surface area contributed by atoms with Gasteiger partial charge in [-0.1, -0.05) is 138 Å². The van der Waals surface area contributed by atoms with Gasteiger partial charge in [-0.05, 0) is 57.9 Å². The van der Waals surface area contributed by atoms with Crippen LogP contribution in [0.5, 0.6) is 28.7 Å². The van der Waals surface area contributed by atoms with Crippen molar-refractivity contribution in [1.82, 2.24) is 24.9 Å². The number of nitrogens with zero attached hydrogens (tertiary/aromatic N) is 5. The van der Waals surface area contributed by atoms with E-state index in [1.165, 1.54) is 24.3 Å². The van der Waals surface area contributed by atoms with E-state index in [1.54, 1.807) is 67.4 Å². The fourth-order valence-electron chi connectivity index (χ4n) is 5.39. The maximum atomic E-state index is 11.1. The molecule has 1 N–H and O–H groups in total. The second kappa shape index (κ2) is 21.3. The molecule has 288 valence electrons. The molecule has 0 aliphatic rings. The third-order valence-corrected chi connectivity index (χ3v) is 7.99. The van der Waals surface area contributed by atoms with Crippen molar-refractivity contribution >= 4 is 54.5 Å². The molecule has 2 radical (unpaired) electrons. The molecule has 0 atom stereocenters. The summed E-state index contributed by atoms with van der Waals surface area (Å²) in [5.74, 6) is 0.195. The maximum Gasteiger partial charge on any atom is 2.00 e. The second-order valence-electron chi connectivity index (χ2n) is 11.7. The minimum Gasteiger partial charge on any atom is -0.871 e. The van der Waals surface area contributed by atoms with E-state index in [4.69, 9.17) is 0 Å². The number of hydrogen-bond donors (Lipinski definition) is 1. The van der Waals surface area contributed by atoms with E-state index in [1.807, 2.05) is 91.0 Å². The molecule has 0 unspecified atom stereocenters. The zero-order chi connectivity index (χ0) is 38.4. The molecule has 0 aliphatic carbocycles. The third kappa shape index (κ3) is 11.4. The molecule has 0 bridgehead atoms. The SMILES string of the molecule is Oc1cccc2cccnc12.[Cu+2].[Cu+2].[O-]c1cccc2cccnc12.[O-]c1cccc2cccnc12.[O-]c1cccc2cccnc12.[O-]c1cccc2cccnc12. The summed E-state index contributed by atoms with van der Waals surface area (Å²) in [5.41, 5.74) is 2.87. The van der Waals surface area contributed by atoms with Gasteiger partial charge in [0.25, 0.3) is 0 Å². The van der Waals surface area contributed by atoms with Crippen LogP contribution in [0.2, 0.25) is 0 Å². The molecule has 0 spiro atoms. The van der Waals surface area contributed by atoms with E-state index in [2.05, 4.69) is 24.9 Å². The Kier molecular flexibility index (Phi) is 16.1. The Morgan fingerprint density at radius 2 is 0.491 bits per heavy atom. The normalized spacial score (nSPS) is 9.82. The van der Waals surface area contributed by atoms with Gasteiger partial charge >= 0.3 is 34.1 Å². The first-order valence-corrected chi connectivity index (χ1v) is 16.9. The van der Waals surface area contributed by atoms with Crippen LogP contribution in [0.4, 0.5) is 0 Å². The molecule has 0 aliphatic heterocycles.